The van der Waals surface area contributed by atoms with Gasteiger partial charge in [0.25, 0.3) is 5.91 Å². The van der Waals surface area contributed by atoms with E-state index in [4.69, 9.17) is 5.11 Å². The Morgan fingerprint density at radius 3 is 2.52 bits per heavy atom. The van der Waals surface area contributed by atoms with Gasteiger partial charge in [0.15, 0.2) is 6.61 Å². The van der Waals surface area contributed by atoms with Crippen LogP contribution in [-0.2, 0) is 0 Å². The zero-order valence-electron chi connectivity index (χ0n) is 12.5. The molecule has 0 spiro atoms. The lowest BCUT2D eigenvalue weighted by molar-refractivity contribution is -0.154. The smallest absolute Gasteiger partial charge is 0.422 e. The van der Waals surface area contributed by atoms with Gasteiger partial charge in [-0.15, -0.1) is 0 Å². The van der Waals surface area contributed by atoms with Crippen LogP contribution in [0.3, 0.4) is 0 Å². The third-order valence-electron chi connectivity index (χ3n) is 3.82. The average molecular weight is 332 g/mol. The molecule has 1 fully saturated rings. The Kier molecular flexibility index (Phi) is 5.81. The molecule has 0 radical (unpaired) electrons. The predicted octanol–water partition coefficient (Wildman–Crippen LogP) is 2.30. The average Bonchev–Trinajstić information content (AvgIpc) is 2.53. The molecule has 1 amide bonds. The van der Waals surface area contributed by atoms with Crippen LogP contribution in [-0.4, -0.2) is 41.4 Å². The van der Waals surface area contributed by atoms with E-state index in [-0.39, 0.29) is 30.0 Å². The highest BCUT2D eigenvalue weighted by Gasteiger charge is 2.28. The first-order valence-corrected chi connectivity index (χ1v) is 7.44. The summed E-state index contributed by atoms with van der Waals surface area (Å²) in [4.78, 5) is 15.8. The van der Waals surface area contributed by atoms with E-state index >= 15 is 0 Å². The summed E-state index contributed by atoms with van der Waals surface area (Å²) in [5.74, 6) is -0.190. The summed E-state index contributed by atoms with van der Waals surface area (Å²) in [7, 11) is 0. The van der Waals surface area contributed by atoms with Crippen LogP contribution in [0.5, 0.6) is 5.88 Å². The largest absolute Gasteiger partial charge is 0.468 e. The maximum Gasteiger partial charge on any atom is 0.422 e. The Labute approximate surface area is 131 Å². The van der Waals surface area contributed by atoms with Crippen LogP contribution in [0.4, 0.5) is 13.2 Å². The number of amides is 1. The van der Waals surface area contributed by atoms with Gasteiger partial charge in [0.2, 0.25) is 5.88 Å². The molecular weight excluding hydrogens is 313 g/mol. The number of nitrogens with zero attached hydrogens (tertiary/aromatic N) is 1. The minimum absolute atomic E-state index is 0.0476. The van der Waals surface area contributed by atoms with Crippen LogP contribution in [0, 0.1) is 5.92 Å². The van der Waals surface area contributed by atoms with Crippen LogP contribution in [0.2, 0.25) is 0 Å². The van der Waals surface area contributed by atoms with Gasteiger partial charge < -0.3 is 15.2 Å². The van der Waals surface area contributed by atoms with Crippen molar-refractivity contribution in [1.82, 2.24) is 10.3 Å². The van der Waals surface area contributed by atoms with Crippen molar-refractivity contribution in [3.63, 3.8) is 0 Å². The molecule has 23 heavy (non-hydrogen) atoms. The number of rotatable bonds is 5. The van der Waals surface area contributed by atoms with Gasteiger partial charge in [0.05, 0.1) is 5.56 Å². The molecule has 0 aliphatic heterocycles. The van der Waals surface area contributed by atoms with E-state index in [1.807, 2.05) is 0 Å². The van der Waals surface area contributed by atoms with E-state index in [1.165, 1.54) is 18.3 Å². The van der Waals surface area contributed by atoms with E-state index < -0.39 is 12.8 Å². The molecule has 8 heteroatoms. The van der Waals surface area contributed by atoms with E-state index in [1.54, 1.807) is 0 Å². The third-order valence-corrected chi connectivity index (χ3v) is 3.82. The lowest BCUT2D eigenvalue weighted by Gasteiger charge is -2.27. The van der Waals surface area contributed by atoms with Gasteiger partial charge in [0, 0.05) is 24.9 Å². The zero-order chi connectivity index (χ0) is 16.9. The van der Waals surface area contributed by atoms with Gasteiger partial charge in [0.1, 0.15) is 0 Å². The predicted molar refractivity (Wildman–Crippen MR) is 76.1 cm³/mol. The summed E-state index contributed by atoms with van der Waals surface area (Å²) < 4.78 is 40.6. The molecule has 0 saturated heterocycles. The number of aliphatic hydroxyl groups excluding tert-OH is 1. The molecule has 0 bridgehead atoms. The summed E-state index contributed by atoms with van der Waals surface area (Å²) in [5.41, 5.74) is 0.272. The fraction of sp³-hybridized carbons (Fsp3) is 0.600. The van der Waals surface area contributed by atoms with Gasteiger partial charge in [-0.3, -0.25) is 4.79 Å². The lowest BCUT2D eigenvalue weighted by Crippen LogP contribution is -2.38. The molecule has 1 aliphatic carbocycles. The molecule has 1 aliphatic rings. The lowest BCUT2D eigenvalue weighted by atomic mass is 9.86. The second-order valence-electron chi connectivity index (χ2n) is 5.66. The summed E-state index contributed by atoms with van der Waals surface area (Å²) in [5, 5.41) is 12.0. The fourth-order valence-electron chi connectivity index (χ4n) is 2.51. The van der Waals surface area contributed by atoms with Gasteiger partial charge in [-0.1, -0.05) is 0 Å². The molecule has 0 unspecified atom stereocenters. The van der Waals surface area contributed by atoms with Crippen molar-refractivity contribution in [1.29, 1.82) is 0 Å². The van der Waals surface area contributed by atoms with E-state index in [2.05, 4.69) is 15.0 Å². The number of pyridine rings is 1. The molecular formula is C15H19F3N2O3. The number of aliphatic hydroxyl groups is 1. The molecule has 1 heterocycles. The molecule has 1 aromatic heterocycles. The molecule has 128 valence electrons. The van der Waals surface area contributed by atoms with Crippen molar-refractivity contribution >= 4 is 5.91 Å². The topological polar surface area (TPSA) is 71.5 Å². The maximum atomic E-state index is 12.1. The minimum atomic E-state index is -4.43. The van der Waals surface area contributed by atoms with Crippen LogP contribution in [0.1, 0.15) is 36.0 Å². The summed E-state index contributed by atoms with van der Waals surface area (Å²) >= 11 is 0. The fourth-order valence-corrected chi connectivity index (χ4v) is 2.51. The number of aromatic nitrogens is 1. The number of alkyl halides is 3. The van der Waals surface area contributed by atoms with E-state index in [0.717, 1.165) is 25.7 Å². The highest BCUT2D eigenvalue weighted by Crippen LogP contribution is 2.24. The SMILES string of the molecule is O=C(NC1CCC(CO)CC1)c1ccc(OCC(F)(F)F)nc1. The van der Waals surface area contributed by atoms with Crippen molar-refractivity contribution in [3.8, 4) is 5.88 Å². The Balaban J connectivity index is 1.83. The quantitative estimate of drug-likeness (QED) is 0.868. The van der Waals surface area contributed by atoms with Crippen LogP contribution >= 0.6 is 0 Å². The van der Waals surface area contributed by atoms with Crippen molar-refractivity contribution in [2.45, 2.75) is 37.9 Å². The highest BCUT2D eigenvalue weighted by molar-refractivity contribution is 5.94. The standard InChI is InChI=1S/C15H19F3N2O3/c16-15(17,18)9-23-13-6-3-11(7-19-13)14(22)20-12-4-1-10(8-21)2-5-12/h3,6-7,10,12,21H,1-2,4-5,8-9H2,(H,20,22). The normalized spacial score (nSPS) is 21.7. The summed E-state index contributed by atoms with van der Waals surface area (Å²) in [6.45, 7) is -1.25. The number of hydrogen-bond donors (Lipinski definition) is 2. The molecule has 1 saturated carbocycles. The number of hydrogen-bond acceptors (Lipinski definition) is 4. The molecule has 0 aromatic carbocycles. The van der Waals surface area contributed by atoms with Gasteiger partial charge in [-0.05, 0) is 37.7 Å². The number of halogens is 3. The highest BCUT2D eigenvalue weighted by atomic mass is 19.4. The summed E-state index contributed by atoms with van der Waals surface area (Å²) in [6, 6.07) is 2.67. The van der Waals surface area contributed by atoms with Crippen LogP contribution in [0.25, 0.3) is 0 Å². The Hall–Kier alpha value is -1.83. The van der Waals surface area contributed by atoms with Gasteiger partial charge in [-0.25, -0.2) is 4.98 Å². The molecule has 2 N–H and O–H groups in total. The molecule has 1 aromatic rings. The van der Waals surface area contributed by atoms with Gasteiger partial charge >= 0.3 is 6.18 Å². The van der Waals surface area contributed by atoms with Crippen LogP contribution in [0.15, 0.2) is 18.3 Å². The van der Waals surface area contributed by atoms with E-state index in [9.17, 15) is 18.0 Å². The Bertz CT molecular complexity index is 512. The minimum Gasteiger partial charge on any atom is -0.468 e. The van der Waals surface area contributed by atoms with E-state index in [0.29, 0.717) is 5.92 Å². The Morgan fingerprint density at radius 2 is 2.00 bits per heavy atom. The number of carbonyl (C=O) groups excluding carboxylic acids is 1. The number of ether oxygens (including phenoxy) is 1. The maximum absolute atomic E-state index is 12.1. The molecule has 0 atom stereocenters. The summed E-state index contributed by atoms with van der Waals surface area (Å²) in [6.07, 6.45) is 0.105. The number of nitrogens with one attached hydrogen (secondary N) is 1. The monoisotopic (exact) mass is 332 g/mol. The van der Waals surface area contributed by atoms with Crippen molar-refractivity contribution in [2.75, 3.05) is 13.2 Å². The Morgan fingerprint density at radius 1 is 1.30 bits per heavy atom. The van der Waals surface area contributed by atoms with Crippen molar-refractivity contribution < 1.29 is 27.8 Å². The second kappa shape index (κ2) is 7.63. The van der Waals surface area contributed by atoms with Crippen molar-refractivity contribution in [2.24, 2.45) is 5.92 Å². The first-order valence-electron chi connectivity index (χ1n) is 7.44. The first-order chi connectivity index (χ1) is 10.9. The number of carbonyl (C=O) groups is 1. The van der Waals surface area contributed by atoms with Crippen LogP contribution < -0.4 is 10.1 Å². The third kappa shape index (κ3) is 5.70. The first kappa shape index (κ1) is 17.5. The molecule has 5 nitrogen and oxygen atoms in total. The molecule has 2 rings (SSSR count). The second-order valence-corrected chi connectivity index (χ2v) is 5.66. The zero-order valence-corrected chi connectivity index (χ0v) is 12.5. The van der Waals surface area contributed by atoms with Crippen molar-refractivity contribution in [3.05, 3.63) is 23.9 Å². The van der Waals surface area contributed by atoms with Gasteiger partial charge in [-0.2, -0.15) is 13.2 Å².